The Balaban J connectivity index is 2.04. The molecule has 1 N–H and O–H groups in total. The molecule has 1 saturated carbocycles. The molecule has 1 fully saturated rings. The molecule has 1 atom stereocenters. The number of halogens is 1. The van der Waals surface area contributed by atoms with Crippen LogP contribution >= 0.6 is 15.9 Å². The van der Waals surface area contributed by atoms with Crippen molar-refractivity contribution in [3.05, 3.63) is 28.2 Å². The number of nitrogens with one attached hydrogen (secondary N) is 1. The SMILES string of the molecule is CNC(c1ccc(OCCOC)c(Br)c1)C1CCC1. The molecular formula is C15H22BrNO2. The van der Waals surface area contributed by atoms with Gasteiger partial charge >= 0.3 is 0 Å². The lowest BCUT2D eigenvalue weighted by Crippen LogP contribution is -2.29. The van der Waals surface area contributed by atoms with Gasteiger partial charge in [0.25, 0.3) is 0 Å². The fourth-order valence-electron chi connectivity index (χ4n) is 2.51. The van der Waals surface area contributed by atoms with Crippen LogP contribution in [0.1, 0.15) is 30.9 Å². The highest BCUT2D eigenvalue weighted by Gasteiger charge is 2.27. The number of hydrogen-bond donors (Lipinski definition) is 1. The summed E-state index contributed by atoms with van der Waals surface area (Å²) in [6.07, 6.45) is 4.02. The third-order valence-electron chi connectivity index (χ3n) is 3.79. The van der Waals surface area contributed by atoms with Gasteiger partial charge in [-0.25, -0.2) is 0 Å². The van der Waals surface area contributed by atoms with Gasteiger partial charge < -0.3 is 14.8 Å². The van der Waals surface area contributed by atoms with Crippen molar-refractivity contribution in [2.45, 2.75) is 25.3 Å². The average molecular weight is 328 g/mol. The first-order valence-electron chi connectivity index (χ1n) is 6.84. The lowest BCUT2D eigenvalue weighted by atomic mass is 9.77. The van der Waals surface area contributed by atoms with Crippen LogP contribution < -0.4 is 10.1 Å². The average Bonchev–Trinajstić information content (AvgIpc) is 2.35. The van der Waals surface area contributed by atoms with Crippen molar-refractivity contribution in [2.75, 3.05) is 27.4 Å². The van der Waals surface area contributed by atoms with Crippen molar-refractivity contribution in [2.24, 2.45) is 5.92 Å². The second-order valence-electron chi connectivity index (χ2n) is 4.99. The van der Waals surface area contributed by atoms with Gasteiger partial charge in [0.05, 0.1) is 11.1 Å². The molecule has 1 aliphatic carbocycles. The van der Waals surface area contributed by atoms with Gasteiger partial charge in [0, 0.05) is 13.2 Å². The van der Waals surface area contributed by atoms with E-state index in [9.17, 15) is 0 Å². The van der Waals surface area contributed by atoms with Crippen LogP contribution in [0.15, 0.2) is 22.7 Å². The van der Waals surface area contributed by atoms with Crippen LogP contribution in [0.3, 0.4) is 0 Å². The van der Waals surface area contributed by atoms with Crippen molar-refractivity contribution < 1.29 is 9.47 Å². The summed E-state index contributed by atoms with van der Waals surface area (Å²) in [6.45, 7) is 1.18. The van der Waals surface area contributed by atoms with Gasteiger partial charge in [-0.3, -0.25) is 0 Å². The monoisotopic (exact) mass is 327 g/mol. The number of hydrogen-bond acceptors (Lipinski definition) is 3. The first-order chi connectivity index (χ1) is 9.26. The minimum atomic E-state index is 0.457. The summed E-state index contributed by atoms with van der Waals surface area (Å²) >= 11 is 3.59. The molecule has 1 aromatic rings. The number of methoxy groups -OCH3 is 1. The summed E-state index contributed by atoms with van der Waals surface area (Å²) in [5.74, 6) is 1.65. The minimum absolute atomic E-state index is 0.457. The largest absolute Gasteiger partial charge is 0.490 e. The highest BCUT2D eigenvalue weighted by atomic mass is 79.9. The summed E-state index contributed by atoms with van der Waals surface area (Å²) < 4.78 is 11.7. The molecule has 19 heavy (non-hydrogen) atoms. The van der Waals surface area contributed by atoms with Gasteiger partial charge in [-0.2, -0.15) is 0 Å². The van der Waals surface area contributed by atoms with Gasteiger partial charge in [-0.15, -0.1) is 0 Å². The molecule has 1 aliphatic rings. The Morgan fingerprint density at radius 2 is 2.16 bits per heavy atom. The molecule has 106 valence electrons. The molecule has 0 heterocycles. The molecule has 0 radical (unpaired) electrons. The van der Waals surface area contributed by atoms with E-state index in [0.717, 1.165) is 16.1 Å². The Bertz CT molecular complexity index is 407. The lowest BCUT2D eigenvalue weighted by molar-refractivity contribution is 0.146. The smallest absolute Gasteiger partial charge is 0.133 e. The van der Waals surface area contributed by atoms with Gasteiger partial charge in [-0.1, -0.05) is 12.5 Å². The van der Waals surface area contributed by atoms with E-state index >= 15 is 0 Å². The number of ether oxygens (including phenoxy) is 2. The Morgan fingerprint density at radius 1 is 1.37 bits per heavy atom. The molecule has 3 nitrogen and oxygen atoms in total. The molecule has 0 spiro atoms. The fourth-order valence-corrected chi connectivity index (χ4v) is 3.02. The Labute approximate surface area is 123 Å². The number of benzene rings is 1. The molecule has 0 bridgehead atoms. The molecule has 4 heteroatoms. The number of rotatable bonds is 7. The predicted octanol–water partition coefficient (Wildman–Crippen LogP) is 3.53. The van der Waals surface area contributed by atoms with Crippen LogP contribution in [0, 0.1) is 5.92 Å². The van der Waals surface area contributed by atoms with Crippen molar-refractivity contribution in [1.29, 1.82) is 0 Å². The molecule has 1 unspecified atom stereocenters. The first-order valence-corrected chi connectivity index (χ1v) is 7.64. The van der Waals surface area contributed by atoms with E-state index in [2.05, 4.69) is 33.4 Å². The van der Waals surface area contributed by atoms with E-state index < -0.39 is 0 Å². The second-order valence-corrected chi connectivity index (χ2v) is 5.84. The van der Waals surface area contributed by atoms with E-state index in [4.69, 9.17) is 9.47 Å². The maximum Gasteiger partial charge on any atom is 0.133 e. The van der Waals surface area contributed by atoms with Crippen LogP contribution in [0.4, 0.5) is 0 Å². The molecule has 0 saturated heterocycles. The van der Waals surface area contributed by atoms with Crippen LogP contribution in [-0.4, -0.2) is 27.4 Å². The maximum atomic E-state index is 5.65. The summed E-state index contributed by atoms with van der Waals surface area (Å²) in [5, 5.41) is 3.44. The molecule has 0 aromatic heterocycles. The van der Waals surface area contributed by atoms with Gasteiger partial charge in [0.15, 0.2) is 0 Å². The van der Waals surface area contributed by atoms with E-state index in [1.165, 1.54) is 24.8 Å². The lowest BCUT2D eigenvalue weighted by Gasteiger charge is -2.34. The Kier molecular flexibility index (Phi) is 5.67. The Morgan fingerprint density at radius 3 is 2.68 bits per heavy atom. The standard InChI is InChI=1S/C15H22BrNO2/c1-17-15(11-4-3-5-11)12-6-7-14(13(16)10-12)19-9-8-18-2/h6-7,10-11,15,17H,3-5,8-9H2,1-2H3. The molecular weight excluding hydrogens is 306 g/mol. The third kappa shape index (κ3) is 3.71. The van der Waals surface area contributed by atoms with Crippen molar-refractivity contribution in [3.63, 3.8) is 0 Å². The zero-order chi connectivity index (χ0) is 13.7. The first kappa shape index (κ1) is 14.8. The van der Waals surface area contributed by atoms with Gasteiger partial charge in [0.2, 0.25) is 0 Å². The summed E-state index contributed by atoms with van der Waals surface area (Å²) in [6, 6.07) is 6.82. The van der Waals surface area contributed by atoms with E-state index in [1.54, 1.807) is 7.11 Å². The normalized spacial score (nSPS) is 17.0. The topological polar surface area (TPSA) is 30.5 Å². The van der Waals surface area contributed by atoms with Crippen molar-refractivity contribution in [3.8, 4) is 5.75 Å². The predicted molar refractivity (Wildman–Crippen MR) is 80.7 cm³/mol. The minimum Gasteiger partial charge on any atom is -0.490 e. The molecule has 1 aromatic carbocycles. The van der Waals surface area contributed by atoms with E-state index in [-0.39, 0.29) is 0 Å². The summed E-state index contributed by atoms with van der Waals surface area (Å²) in [7, 11) is 3.72. The summed E-state index contributed by atoms with van der Waals surface area (Å²) in [5.41, 5.74) is 1.33. The van der Waals surface area contributed by atoms with Crippen LogP contribution in [0.5, 0.6) is 5.75 Å². The third-order valence-corrected chi connectivity index (χ3v) is 4.41. The maximum absolute atomic E-state index is 5.65. The van der Waals surface area contributed by atoms with E-state index in [0.29, 0.717) is 19.3 Å². The van der Waals surface area contributed by atoms with E-state index in [1.807, 2.05) is 13.1 Å². The quantitative estimate of drug-likeness (QED) is 0.777. The fraction of sp³-hybridized carbons (Fsp3) is 0.600. The highest BCUT2D eigenvalue weighted by molar-refractivity contribution is 9.10. The van der Waals surface area contributed by atoms with Gasteiger partial charge in [0.1, 0.15) is 12.4 Å². The zero-order valence-corrected chi connectivity index (χ0v) is 13.2. The molecule has 0 aliphatic heterocycles. The van der Waals surface area contributed by atoms with Gasteiger partial charge in [-0.05, 0) is 59.4 Å². The van der Waals surface area contributed by atoms with Crippen molar-refractivity contribution >= 4 is 15.9 Å². The second kappa shape index (κ2) is 7.27. The Hall–Kier alpha value is -0.580. The zero-order valence-electron chi connectivity index (χ0n) is 11.6. The molecule has 0 amide bonds. The van der Waals surface area contributed by atoms with Crippen LogP contribution in [0.25, 0.3) is 0 Å². The molecule has 2 rings (SSSR count). The highest BCUT2D eigenvalue weighted by Crippen LogP contribution is 2.39. The van der Waals surface area contributed by atoms with Crippen LogP contribution in [0.2, 0.25) is 0 Å². The van der Waals surface area contributed by atoms with Crippen LogP contribution in [-0.2, 0) is 4.74 Å². The summed E-state index contributed by atoms with van der Waals surface area (Å²) in [4.78, 5) is 0. The van der Waals surface area contributed by atoms with Crippen molar-refractivity contribution in [1.82, 2.24) is 5.32 Å².